The molecule has 2 aromatic rings. The molecule has 0 radical (unpaired) electrons. The third-order valence-corrected chi connectivity index (χ3v) is 4.07. The molecule has 0 spiro atoms. The van der Waals surface area contributed by atoms with Crippen LogP contribution in [0.2, 0.25) is 0 Å². The molecule has 3 rings (SSSR count). The Hall–Kier alpha value is -3.68. The molecule has 0 aliphatic carbocycles. The number of benzene rings is 2. The van der Waals surface area contributed by atoms with Crippen molar-refractivity contribution in [3.05, 3.63) is 81.2 Å². The Kier molecular flexibility index (Phi) is 6.01. The highest BCUT2D eigenvalue weighted by Crippen LogP contribution is 2.23. The minimum Gasteiger partial charge on any atom is -0.460 e. The lowest BCUT2D eigenvalue weighted by Crippen LogP contribution is -2.29. The zero-order chi connectivity index (χ0) is 19.9. The van der Waals surface area contributed by atoms with E-state index in [2.05, 4.69) is 10.0 Å². The highest BCUT2D eigenvalue weighted by molar-refractivity contribution is 6.20. The van der Waals surface area contributed by atoms with Crippen LogP contribution in [0.1, 0.15) is 38.3 Å². The van der Waals surface area contributed by atoms with Gasteiger partial charge in [0, 0.05) is 11.3 Å². The predicted molar refractivity (Wildman–Crippen MR) is 96.6 cm³/mol. The number of aryl methyl sites for hydroxylation is 1. The van der Waals surface area contributed by atoms with E-state index in [9.17, 15) is 14.4 Å². The van der Waals surface area contributed by atoms with Crippen LogP contribution in [0.4, 0.5) is 0 Å². The number of carbonyl (C=O) groups excluding carboxylic acids is 3. The average Bonchev–Trinajstić information content (AvgIpc) is 2.96. The van der Waals surface area contributed by atoms with Gasteiger partial charge in [-0.15, -0.1) is 5.06 Å². The van der Waals surface area contributed by atoms with Crippen LogP contribution in [-0.4, -0.2) is 29.6 Å². The number of carbonyl (C=O) groups is 3. The summed E-state index contributed by atoms with van der Waals surface area (Å²) in [4.78, 5) is 44.0. The fraction of sp³-hybridized carbons (Fsp3) is 0.211. The summed E-state index contributed by atoms with van der Waals surface area (Å²) in [6, 6.07) is 13.8. The second-order valence-electron chi connectivity index (χ2n) is 5.92. The predicted octanol–water partition coefficient (Wildman–Crippen LogP) is 3.16. The van der Waals surface area contributed by atoms with E-state index in [1.807, 2.05) is 12.1 Å². The van der Waals surface area contributed by atoms with Crippen molar-refractivity contribution in [2.45, 2.75) is 19.4 Å². The molecular formula is C19H16N4O5. The lowest BCUT2D eigenvalue weighted by molar-refractivity contribution is -0.143. The number of nitrogens with zero attached hydrogens (tertiary/aromatic N) is 4. The molecule has 0 aromatic heterocycles. The number of hydrogen-bond donors (Lipinski definition) is 0. The number of fused-ring (bicyclic) bond motifs is 1. The molecule has 0 N–H and O–H groups in total. The minimum absolute atomic E-state index is 0.0284. The maximum Gasteiger partial charge on any atom is 0.306 e. The Morgan fingerprint density at radius 1 is 1.04 bits per heavy atom. The lowest BCUT2D eigenvalue weighted by atomic mass is 10.1. The Morgan fingerprint density at radius 3 is 2.39 bits per heavy atom. The summed E-state index contributed by atoms with van der Waals surface area (Å²) >= 11 is 0. The van der Waals surface area contributed by atoms with E-state index >= 15 is 0 Å². The van der Waals surface area contributed by atoms with Gasteiger partial charge in [-0.2, -0.15) is 0 Å². The normalized spacial score (nSPS) is 12.5. The third-order valence-electron chi connectivity index (χ3n) is 4.07. The molecule has 0 atom stereocenters. The largest absolute Gasteiger partial charge is 0.460 e. The van der Waals surface area contributed by atoms with Gasteiger partial charge < -0.3 is 4.74 Å². The van der Waals surface area contributed by atoms with Gasteiger partial charge in [0.2, 0.25) is 0 Å². The Balaban J connectivity index is 1.55. The van der Waals surface area contributed by atoms with Crippen molar-refractivity contribution < 1.29 is 24.0 Å². The molecule has 0 fully saturated rings. The molecule has 2 amide bonds. The first-order valence-electron chi connectivity index (χ1n) is 8.45. The van der Waals surface area contributed by atoms with Crippen molar-refractivity contribution in [3.63, 3.8) is 0 Å². The van der Waals surface area contributed by atoms with Gasteiger partial charge in [-0.25, -0.2) is 0 Å². The van der Waals surface area contributed by atoms with Crippen LogP contribution in [0.5, 0.6) is 0 Å². The van der Waals surface area contributed by atoms with E-state index in [4.69, 9.17) is 15.1 Å². The van der Waals surface area contributed by atoms with E-state index in [0.29, 0.717) is 17.5 Å². The molecule has 2 aromatic carbocycles. The van der Waals surface area contributed by atoms with E-state index in [1.165, 1.54) is 0 Å². The molecule has 0 unspecified atom stereocenters. The summed E-state index contributed by atoms with van der Waals surface area (Å²) in [5.41, 5.74) is 10.4. The topological polar surface area (TPSA) is 122 Å². The van der Waals surface area contributed by atoms with Crippen molar-refractivity contribution in [2.75, 3.05) is 6.73 Å². The van der Waals surface area contributed by atoms with Crippen molar-refractivity contribution in [1.29, 1.82) is 0 Å². The number of amides is 2. The Bertz CT molecular complexity index is 933. The van der Waals surface area contributed by atoms with Gasteiger partial charge in [-0.05, 0) is 35.2 Å². The van der Waals surface area contributed by atoms with Gasteiger partial charge in [0.15, 0.2) is 6.73 Å². The van der Waals surface area contributed by atoms with Gasteiger partial charge in [0.1, 0.15) is 6.61 Å². The molecule has 9 heteroatoms. The van der Waals surface area contributed by atoms with E-state index < -0.39 is 17.8 Å². The van der Waals surface area contributed by atoms with Gasteiger partial charge in [0.05, 0.1) is 11.1 Å². The second kappa shape index (κ2) is 8.81. The smallest absolute Gasteiger partial charge is 0.306 e. The molecule has 9 nitrogen and oxygen atoms in total. The van der Waals surface area contributed by atoms with E-state index in [-0.39, 0.29) is 19.8 Å². The van der Waals surface area contributed by atoms with Gasteiger partial charge >= 0.3 is 5.97 Å². The van der Waals surface area contributed by atoms with Crippen LogP contribution >= 0.6 is 0 Å². The van der Waals surface area contributed by atoms with Crippen molar-refractivity contribution in [1.82, 2.24) is 5.06 Å². The number of esters is 1. The van der Waals surface area contributed by atoms with Gasteiger partial charge in [-0.1, -0.05) is 41.5 Å². The molecule has 0 saturated carbocycles. The number of ether oxygens (including phenoxy) is 1. The molecule has 1 aliphatic heterocycles. The summed E-state index contributed by atoms with van der Waals surface area (Å²) in [6.45, 7) is -0.301. The highest BCUT2D eigenvalue weighted by Gasteiger charge is 2.36. The van der Waals surface area contributed by atoms with Crippen molar-refractivity contribution in [2.24, 2.45) is 5.11 Å². The van der Waals surface area contributed by atoms with Crippen LogP contribution in [0.15, 0.2) is 53.6 Å². The molecule has 28 heavy (non-hydrogen) atoms. The quantitative estimate of drug-likeness (QED) is 0.229. The summed E-state index contributed by atoms with van der Waals surface area (Å²) in [7, 11) is 0. The van der Waals surface area contributed by atoms with Crippen LogP contribution < -0.4 is 0 Å². The fourth-order valence-electron chi connectivity index (χ4n) is 2.74. The summed E-state index contributed by atoms with van der Waals surface area (Å²) in [5.74, 6) is -1.45. The van der Waals surface area contributed by atoms with Crippen LogP contribution in [-0.2, 0) is 27.4 Å². The molecule has 0 bridgehead atoms. The molecule has 0 saturated heterocycles. The first kappa shape index (κ1) is 19.1. The SMILES string of the molecule is [N-]=[N+]=NCOC(=O)CCc1cccc(CON2C(=O)c3ccccc3C2=O)c1. The molecule has 142 valence electrons. The summed E-state index contributed by atoms with van der Waals surface area (Å²) in [6.07, 6.45) is 0.555. The maximum atomic E-state index is 12.3. The molecule has 1 aliphatic rings. The standard InChI is InChI=1S/C19H16N4O5/c20-22-21-12-27-17(24)9-8-13-4-3-5-14(10-13)11-28-23-18(25)15-6-1-2-7-16(15)19(23)26/h1-7,10H,8-9,11-12H2. The number of hydroxylamine groups is 2. The highest BCUT2D eigenvalue weighted by atomic mass is 16.7. The average molecular weight is 380 g/mol. The monoisotopic (exact) mass is 380 g/mol. The third kappa shape index (κ3) is 4.35. The van der Waals surface area contributed by atoms with Crippen LogP contribution in [0.25, 0.3) is 10.4 Å². The second-order valence-corrected chi connectivity index (χ2v) is 5.92. The summed E-state index contributed by atoms with van der Waals surface area (Å²) in [5, 5.41) is 3.90. The zero-order valence-corrected chi connectivity index (χ0v) is 14.8. The minimum atomic E-state index is -0.487. The molecular weight excluding hydrogens is 364 g/mol. The number of azide groups is 1. The first-order valence-corrected chi connectivity index (χ1v) is 8.45. The number of hydrogen-bond acceptors (Lipinski definition) is 6. The van der Waals surface area contributed by atoms with Crippen molar-refractivity contribution in [3.8, 4) is 0 Å². The Labute approximate surface area is 160 Å². The maximum absolute atomic E-state index is 12.3. The van der Waals surface area contributed by atoms with Gasteiger partial charge in [-0.3, -0.25) is 19.2 Å². The fourth-order valence-corrected chi connectivity index (χ4v) is 2.74. The van der Waals surface area contributed by atoms with Crippen LogP contribution in [0.3, 0.4) is 0 Å². The lowest BCUT2D eigenvalue weighted by Gasteiger charge is -2.13. The van der Waals surface area contributed by atoms with Crippen LogP contribution in [0, 0.1) is 0 Å². The number of rotatable bonds is 8. The number of imide groups is 1. The first-order chi connectivity index (χ1) is 13.6. The van der Waals surface area contributed by atoms with E-state index in [1.54, 1.807) is 36.4 Å². The Morgan fingerprint density at radius 2 is 1.71 bits per heavy atom. The zero-order valence-electron chi connectivity index (χ0n) is 14.8. The van der Waals surface area contributed by atoms with Crippen molar-refractivity contribution >= 4 is 17.8 Å². The van der Waals surface area contributed by atoms with E-state index in [0.717, 1.165) is 16.2 Å². The summed E-state index contributed by atoms with van der Waals surface area (Å²) < 4.78 is 4.74. The molecule has 1 heterocycles. The van der Waals surface area contributed by atoms with Gasteiger partial charge in [0.25, 0.3) is 11.8 Å².